The number of carbonyl (C=O) groups is 3. The number of hydrogen-bond donors (Lipinski definition) is 2. The molecular formula is C20H26N2O4. The van der Waals surface area contributed by atoms with E-state index in [1.165, 1.54) is 17.7 Å². The van der Waals surface area contributed by atoms with Crippen molar-refractivity contribution in [1.29, 1.82) is 0 Å². The Morgan fingerprint density at radius 3 is 2.54 bits per heavy atom. The highest BCUT2D eigenvalue weighted by atomic mass is 16.4. The number of carboxylic acid groups (broad SMARTS) is 1. The standard InChI is InChI=1S/C20H26N2O4/c23-18(12-14-6-1-2-7-14)21-16-9-5-8-15(13-16)19(24)22-11-4-3-10-17(22)20(25)26/h5,8-9,13-14,17H,1-4,6-7,10-12H2,(H,21,23)(H,25,26). The van der Waals surface area contributed by atoms with Gasteiger partial charge in [-0.2, -0.15) is 0 Å². The number of likely N-dealkylation sites (tertiary alicyclic amines) is 1. The molecule has 1 saturated heterocycles. The van der Waals surface area contributed by atoms with Crippen LogP contribution in [0.4, 0.5) is 5.69 Å². The van der Waals surface area contributed by atoms with Gasteiger partial charge < -0.3 is 15.3 Å². The molecule has 1 unspecified atom stereocenters. The molecule has 3 rings (SSSR count). The maximum absolute atomic E-state index is 12.8. The van der Waals surface area contributed by atoms with Crippen molar-refractivity contribution in [3.63, 3.8) is 0 Å². The Labute approximate surface area is 153 Å². The van der Waals surface area contributed by atoms with Crippen LogP contribution in [0.2, 0.25) is 0 Å². The SMILES string of the molecule is O=C(CC1CCCC1)Nc1cccc(C(=O)N2CCCCC2C(=O)O)c1. The van der Waals surface area contributed by atoms with Gasteiger partial charge in [0.05, 0.1) is 0 Å². The Balaban J connectivity index is 1.66. The highest BCUT2D eigenvalue weighted by Gasteiger charge is 2.32. The van der Waals surface area contributed by atoms with E-state index >= 15 is 0 Å². The summed E-state index contributed by atoms with van der Waals surface area (Å²) in [6, 6.07) is 6.02. The van der Waals surface area contributed by atoms with Crippen LogP contribution < -0.4 is 5.32 Å². The largest absolute Gasteiger partial charge is 0.480 e. The Hall–Kier alpha value is -2.37. The first-order chi connectivity index (χ1) is 12.5. The van der Waals surface area contributed by atoms with Crippen LogP contribution in [0.1, 0.15) is 61.7 Å². The van der Waals surface area contributed by atoms with Gasteiger partial charge in [0.25, 0.3) is 5.91 Å². The second-order valence-corrected chi connectivity index (χ2v) is 7.33. The monoisotopic (exact) mass is 358 g/mol. The average Bonchev–Trinajstić information content (AvgIpc) is 3.14. The Morgan fingerprint density at radius 1 is 1.08 bits per heavy atom. The maximum Gasteiger partial charge on any atom is 0.326 e. The summed E-state index contributed by atoms with van der Waals surface area (Å²) in [6.45, 7) is 0.452. The zero-order valence-corrected chi connectivity index (χ0v) is 14.9. The molecule has 0 radical (unpaired) electrons. The van der Waals surface area contributed by atoms with Crippen molar-refractivity contribution in [2.75, 3.05) is 11.9 Å². The predicted octanol–water partition coefficient (Wildman–Crippen LogP) is 3.28. The fourth-order valence-corrected chi connectivity index (χ4v) is 4.02. The third-order valence-corrected chi connectivity index (χ3v) is 5.39. The van der Waals surface area contributed by atoms with Gasteiger partial charge >= 0.3 is 5.97 Å². The van der Waals surface area contributed by atoms with Gasteiger partial charge in [-0.05, 0) is 56.2 Å². The van der Waals surface area contributed by atoms with Crippen LogP contribution in [0.5, 0.6) is 0 Å². The summed E-state index contributed by atoms with van der Waals surface area (Å²) in [4.78, 5) is 37.9. The number of carboxylic acids is 1. The molecule has 1 aromatic rings. The molecule has 1 atom stereocenters. The van der Waals surface area contributed by atoms with E-state index in [4.69, 9.17) is 0 Å². The number of piperidine rings is 1. The van der Waals surface area contributed by atoms with Crippen LogP contribution in [0, 0.1) is 5.92 Å². The van der Waals surface area contributed by atoms with Gasteiger partial charge in [-0.25, -0.2) is 4.79 Å². The third-order valence-electron chi connectivity index (χ3n) is 5.39. The molecule has 2 fully saturated rings. The number of hydrogen-bond acceptors (Lipinski definition) is 3. The summed E-state index contributed by atoms with van der Waals surface area (Å²) in [7, 11) is 0. The Kier molecular flexibility index (Phi) is 5.91. The van der Waals surface area contributed by atoms with Crippen molar-refractivity contribution >= 4 is 23.5 Å². The number of nitrogens with one attached hydrogen (secondary N) is 1. The number of amides is 2. The first-order valence-corrected chi connectivity index (χ1v) is 9.48. The minimum atomic E-state index is -0.959. The van der Waals surface area contributed by atoms with E-state index in [1.807, 2.05) is 0 Å². The molecular weight excluding hydrogens is 332 g/mol. The molecule has 0 spiro atoms. The summed E-state index contributed by atoms with van der Waals surface area (Å²) >= 11 is 0. The Morgan fingerprint density at radius 2 is 1.81 bits per heavy atom. The van der Waals surface area contributed by atoms with Crippen molar-refractivity contribution in [3.8, 4) is 0 Å². The highest BCUT2D eigenvalue weighted by molar-refractivity contribution is 5.99. The van der Waals surface area contributed by atoms with Crippen LogP contribution >= 0.6 is 0 Å². The summed E-state index contributed by atoms with van der Waals surface area (Å²) < 4.78 is 0. The molecule has 2 N–H and O–H groups in total. The number of nitrogens with zero attached hydrogens (tertiary/aromatic N) is 1. The van der Waals surface area contributed by atoms with Gasteiger partial charge in [0, 0.05) is 24.2 Å². The Bertz CT molecular complexity index is 682. The highest BCUT2D eigenvalue weighted by Crippen LogP contribution is 2.28. The molecule has 1 saturated carbocycles. The number of aliphatic carboxylic acids is 1. The minimum absolute atomic E-state index is 0.0251. The van der Waals surface area contributed by atoms with Gasteiger partial charge in [0.1, 0.15) is 6.04 Å². The molecule has 2 aliphatic rings. The molecule has 0 aromatic heterocycles. The third kappa shape index (κ3) is 4.42. The number of rotatable bonds is 5. The smallest absolute Gasteiger partial charge is 0.326 e. The number of carbonyl (C=O) groups excluding carboxylic acids is 2. The lowest BCUT2D eigenvalue weighted by Gasteiger charge is -2.33. The molecule has 26 heavy (non-hydrogen) atoms. The zero-order chi connectivity index (χ0) is 18.5. The van der Waals surface area contributed by atoms with Gasteiger partial charge in [-0.15, -0.1) is 0 Å². The molecule has 1 aliphatic carbocycles. The predicted molar refractivity (Wildman–Crippen MR) is 98.0 cm³/mol. The van der Waals surface area contributed by atoms with E-state index in [0.717, 1.165) is 25.7 Å². The van der Waals surface area contributed by atoms with Gasteiger partial charge in [0.15, 0.2) is 0 Å². The van der Waals surface area contributed by atoms with Crippen LogP contribution in [0.25, 0.3) is 0 Å². The average molecular weight is 358 g/mol. The van der Waals surface area contributed by atoms with Crippen molar-refractivity contribution < 1.29 is 19.5 Å². The van der Waals surface area contributed by atoms with Gasteiger partial charge in [-0.1, -0.05) is 18.9 Å². The maximum atomic E-state index is 12.8. The molecule has 0 bridgehead atoms. The lowest BCUT2D eigenvalue weighted by atomic mass is 10.0. The van der Waals surface area contributed by atoms with Crippen LogP contribution in [-0.2, 0) is 9.59 Å². The van der Waals surface area contributed by atoms with E-state index in [-0.39, 0.29) is 11.8 Å². The van der Waals surface area contributed by atoms with Crippen molar-refractivity contribution in [2.45, 2.75) is 57.4 Å². The molecule has 1 heterocycles. The number of anilines is 1. The van der Waals surface area contributed by atoms with Gasteiger partial charge in [0.2, 0.25) is 5.91 Å². The molecule has 6 heteroatoms. The minimum Gasteiger partial charge on any atom is -0.480 e. The lowest BCUT2D eigenvalue weighted by Crippen LogP contribution is -2.48. The number of benzene rings is 1. The summed E-state index contributed by atoms with van der Waals surface area (Å²) in [5, 5.41) is 12.2. The van der Waals surface area contributed by atoms with Crippen molar-refractivity contribution in [1.82, 2.24) is 4.90 Å². The summed E-state index contributed by atoms with van der Waals surface area (Å²) in [5.74, 6) is -0.810. The zero-order valence-electron chi connectivity index (χ0n) is 14.9. The van der Waals surface area contributed by atoms with Gasteiger partial charge in [-0.3, -0.25) is 9.59 Å². The molecule has 6 nitrogen and oxygen atoms in total. The van der Waals surface area contributed by atoms with E-state index in [2.05, 4.69) is 5.32 Å². The lowest BCUT2D eigenvalue weighted by molar-refractivity contribution is -0.143. The van der Waals surface area contributed by atoms with Crippen LogP contribution in [-0.4, -0.2) is 40.4 Å². The second-order valence-electron chi connectivity index (χ2n) is 7.33. The molecule has 140 valence electrons. The van der Waals surface area contributed by atoms with Crippen molar-refractivity contribution in [2.24, 2.45) is 5.92 Å². The fraction of sp³-hybridized carbons (Fsp3) is 0.550. The topological polar surface area (TPSA) is 86.7 Å². The van der Waals surface area contributed by atoms with Crippen molar-refractivity contribution in [3.05, 3.63) is 29.8 Å². The van der Waals surface area contributed by atoms with E-state index in [9.17, 15) is 19.5 Å². The van der Waals surface area contributed by atoms with Crippen LogP contribution in [0.15, 0.2) is 24.3 Å². The first-order valence-electron chi connectivity index (χ1n) is 9.48. The first kappa shape index (κ1) is 18.4. The summed E-state index contributed by atoms with van der Waals surface area (Å²) in [6.07, 6.45) is 7.25. The van der Waals surface area contributed by atoms with E-state index < -0.39 is 12.0 Å². The fourth-order valence-electron chi connectivity index (χ4n) is 4.02. The molecule has 1 aromatic carbocycles. The quantitative estimate of drug-likeness (QED) is 0.846. The summed E-state index contributed by atoms with van der Waals surface area (Å²) in [5.41, 5.74) is 1.000. The normalized spacial score (nSPS) is 20.8. The molecule has 1 aliphatic heterocycles. The molecule has 2 amide bonds. The van der Waals surface area contributed by atoms with Crippen LogP contribution in [0.3, 0.4) is 0 Å². The van der Waals surface area contributed by atoms with E-state index in [0.29, 0.717) is 36.6 Å². The second kappa shape index (κ2) is 8.34. The van der Waals surface area contributed by atoms with E-state index in [1.54, 1.807) is 24.3 Å².